The number of pyridine rings is 1. The van der Waals surface area contributed by atoms with E-state index in [0.717, 1.165) is 13.0 Å². The molecule has 9 heteroatoms. The van der Waals surface area contributed by atoms with Crippen LogP contribution in [0.5, 0.6) is 0 Å². The van der Waals surface area contributed by atoms with Crippen molar-refractivity contribution >= 4 is 44.3 Å². The summed E-state index contributed by atoms with van der Waals surface area (Å²) in [5.41, 5.74) is 0.709. The number of imidazole rings is 1. The Bertz CT molecular complexity index is 1010. The molecule has 132 valence electrons. The third-order valence-electron chi connectivity index (χ3n) is 3.78. The van der Waals surface area contributed by atoms with Crippen LogP contribution in [0.2, 0.25) is 5.15 Å². The Hall–Kier alpha value is -2.71. The number of carbonyl (C=O) groups is 1. The molecule has 0 aliphatic heterocycles. The second-order valence-electron chi connectivity index (χ2n) is 5.54. The van der Waals surface area contributed by atoms with E-state index in [1.54, 1.807) is 41.7 Å². The number of amides is 1. The van der Waals surface area contributed by atoms with E-state index in [1.165, 1.54) is 17.6 Å². The lowest BCUT2D eigenvalue weighted by atomic mass is 10.3. The van der Waals surface area contributed by atoms with Crippen LogP contribution in [0, 0.1) is 0 Å². The van der Waals surface area contributed by atoms with Crippen molar-refractivity contribution in [2.75, 3.05) is 11.4 Å². The van der Waals surface area contributed by atoms with Crippen LogP contribution in [0.25, 0.3) is 10.3 Å². The minimum Gasteiger partial charge on any atom is -0.459 e. The van der Waals surface area contributed by atoms with E-state index in [9.17, 15) is 4.79 Å². The Kier molecular flexibility index (Phi) is 4.68. The molecule has 0 bridgehead atoms. The first-order valence-corrected chi connectivity index (χ1v) is 9.14. The molecule has 0 N–H and O–H groups in total. The zero-order valence-electron chi connectivity index (χ0n) is 13.6. The average Bonchev–Trinajstić information content (AvgIpc) is 3.38. The van der Waals surface area contributed by atoms with Gasteiger partial charge < -0.3 is 8.98 Å². The number of furan rings is 1. The number of hydrogen-bond acceptors (Lipinski definition) is 6. The molecule has 1 amide bonds. The summed E-state index contributed by atoms with van der Waals surface area (Å²) in [6, 6.07) is 6.82. The largest absolute Gasteiger partial charge is 0.459 e. The Morgan fingerprint density at radius 2 is 2.23 bits per heavy atom. The fourth-order valence-corrected chi connectivity index (χ4v) is 3.71. The van der Waals surface area contributed by atoms with Gasteiger partial charge in [-0.05, 0) is 30.7 Å². The molecule has 0 fully saturated rings. The van der Waals surface area contributed by atoms with Crippen LogP contribution in [0.3, 0.4) is 0 Å². The van der Waals surface area contributed by atoms with Crippen LogP contribution in [-0.4, -0.2) is 32.0 Å². The highest BCUT2D eigenvalue weighted by molar-refractivity contribution is 7.22. The van der Waals surface area contributed by atoms with Crippen LogP contribution in [0.4, 0.5) is 5.13 Å². The highest BCUT2D eigenvalue weighted by Gasteiger charge is 2.23. The third kappa shape index (κ3) is 3.47. The van der Waals surface area contributed by atoms with Crippen molar-refractivity contribution in [2.24, 2.45) is 0 Å². The maximum absolute atomic E-state index is 12.9. The van der Waals surface area contributed by atoms with Gasteiger partial charge in [-0.3, -0.25) is 9.69 Å². The third-order valence-corrected chi connectivity index (χ3v) is 4.97. The Morgan fingerprint density at radius 1 is 1.31 bits per heavy atom. The Labute approximate surface area is 157 Å². The van der Waals surface area contributed by atoms with Crippen molar-refractivity contribution in [1.29, 1.82) is 0 Å². The van der Waals surface area contributed by atoms with E-state index < -0.39 is 0 Å². The molecule has 4 aromatic rings. The van der Waals surface area contributed by atoms with Crippen molar-refractivity contribution in [1.82, 2.24) is 19.5 Å². The van der Waals surface area contributed by atoms with Gasteiger partial charge in [0, 0.05) is 25.5 Å². The maximum atomic E-state index is 12.9. The molecule has 0 saturated carbocycles. The summed E-state index contributed by atoms with van der Waals surface area (Å²) in [7, 11) is 0. The standard InChI is InChI=1S/C17H14ClN5O2S/c18-14-5-4-12-15(21-14)26-17(20-12)23(16(24)13-3-1-10-25-13)8-2-7-22-9-6-19-11-22/h1,3-6,9-11H,2,7-8H2. The molecule has 0 saturated heterocycles. The first-order chi connectivity index (χ1) is 12.7. The Morgan fingerprint density at radius 3 is 3.00 bits per heavy atom. The first kappa shape index (κ1) is 16.7. The Balaban J connectivity index is 1.61. The van der Waals surface area contributed by atoms with Gasteiger partial charge in [0.15, 0.2) is 10.9 Å². The second-order valence-corrected chi connectivity index (χ2v) is 6.89. The lowest BCUT2D eigenvalue weighted by molar-refractivity contribution is 0.0959. The summed E-state index contributed by atoms with van der Waals surface area (Å²) in [4.78, 5) is 28.0. The number of halogens is 1. The number of rotatable bonds is 6. The summed E-state index contributed by atoms with van der Waals surface area (Å²) in [6.45, 7) is 1.24. The van der Waals surface area contributed by atoms with E-state index in [-0.39, 0.29) is 11.7 Å². The summed E-state index contributed by atoms with van der Waals surface area (Å²) >= 11 is 7.29. The molecule has 0 aromatic carbocycles. The molecule has 26 heavy (non-hydrogen) atoms. The maximum Gasteiger partial charge on any atom is 0.295 e. The van der Waals surface area contributed by atoms with E-state index >= 15 is 0 Å². The highest BCUT2D eigenvalue weighted by atomic mass is 35.5. The molecule has 7 nitrogen and oxygen atoms in total. The van der Waals surface area contributed by atoms with Gasteiger partial charge in [-0.2, -0.15) is 0 Å². The predicted octanol–water partition coefficient (Wildman–Crippen LogP) is 3.87. The highest BCUT2D eigenvalue weighted by Crippen LogP contribution is 2.29. The van der Waals surface area contributed by atoms with E-state index in [0.29, 0.717) is 27.2 Å². The molecule has 0 atom stereocenters. The number of aromatic nitrogens is 4. The quantitative estimate of drug-likeness (QED) is 0.469. The second kappa shape index (κ2) is 7.27. The zero-order chi connectivity index (χ0) is 17.9. The smallest absolute Gasteiger partial charge is 0.295 e. The lowest BCUT2D eigenvalue weighted by Gasteiger charge is -2.18. The molecule has 0 radical (unpaired) electrons. The number of anilines is 1. The van der Waals surface area contributed by atoms with Crippen molar-refractivity contribution in [2.45, 2.75) is 13.0 Å². The topological polar surface area (TPSA) is 77.0 Å². The molecule has 4 rings (SSSR count). The first-order valence-electron chi connectivity index (χ1n) is 7.95. The van der Waals surface area contributed by atoms with Crippen molar-refractivity contribution < 1.29 is 9.21 Å². The van der Waals surface area contributed by atoms with E-state index in [4.69, 9.17) is 16.0 Å². The van der Waals surface area contributed by atoms with Crippen molar-refractivity contribution in [3.63, 3.8) is 0 Å². The number of thiazole rings is 1. The van der Waals surface area contributed by atoms with Gasteiger partial charge in [-0.15, -0.1) is 0 Å². The fourth-order valence-electron chi connectivity index (χ4n) is 2.55. The van der Waals surface area contributed by atoms with Crippen LogP contribution in [-0.2, 0) is 6.54 Å². The molecule has 0 spiro atoms. The number of carbonyl (C=O) groups excluding carboxylic acids is 1. The van der Waals surface area contributed by atoms with Crippen LogP contribution in [0.15, 0.2) is 53.7 Å². The van der Waals surface area contributed by atoms with Gasteiger partial charge in [-0.25, -0.2) is 15.0 Å². The summed E-state index contributed by atoms with van der Waals surface area (Å²) in [6.07, 6.45) is 7.60. The monoisotopic (exact) mass is 387 g/mol. The van der Waals surface area contributed by atoms with E-state index in [1.807, 2.05) is 10.8 Å². The van der Waals surface area contributed by atoms with Crippen molar-refractivity contribution in [3.05, 3.63) is 60.2 Å². The molecule has 4 aromatic heterocycles. The minimum absolute atomic E-state index is 0.231. The van der Waals surface area contributed by atoms with Gasteiger partial charge in [-0.1, -0.05) is 22.9 Å². The number of fused-ring (bicyclic) bond motifs is 1. The average molecular weight is 388 g/mol. The van der Waals surface area contributed by atoms with Crippen LogP contribution in [0.1, 0.15) is 17.0 Å². The lowest BCUT2D eigenvalue weighted by Crippen LogP contribution is -2.32. The minimum atomic E-state index is -0.231. The number of hydrogen-bond donors (Lipinski definition) is 0. The molecular weight excluding hydrogens is 374 g/mol. The van der Waals surface area contributed by atoms with Crippen molar-refractivity contribution in [3.8, 4) is 0 Å². The SMILES string of the molecule is O=C(c1ccco1)N(CCCn1ccnc1)c1nc2ccc(Cl)nc2s1. The zero-order valence-corrected chi connectivity index (χ0v) is 15.2. The summed E-state index contributed by atoms with van der Waals surface area (Å²) < 4.78 is 7.24. The van der Waals surface area contributed by atoms with Gasteiger partial charge in [0.1, 0.15) is 15.5 Å². The van der Waals surface area contributed by atoms with E-state index in [2.05, 4.69) is 15.0 Å². The molecule has 0 aliphatic carbocycles. The molecule has 4 heterocycles. The summed E-state index contributed by atoms with van der Waals surface area (Å²) in [5, 5.41) is 0.971. The van der Waals surface area contributed by atoms with Crippen LogP contribution >= 0.6 is 22.9 Å². The van der Waals surface area contributed by atoms with Crippen LogP contribution < -0.4 is 4.90 Å². The van der Waals surface area contributed by atoms with Gasteiger partial charge >= 0.3 is 0 Å². The molecular formula is C17H14ClN5O2S. The number of aryl methyl sites for hydroxylation is 1. The molecule has 0 aliphatic rings. The molecule has 0 unspecified atom stereocenters. The van der Waals surface area contributed by atoms with Gasteiger partial charge in [0.2, 0.25) is 0 Å². The fraction of sp³-hybridized carbons (Fsp3) is 0.176. The number of nitrogens with zero attached hydrogens (tertiary/aromatic N) is 5. The summed E-state index contributed by atoms with van der Waals surface area (Å²) in [5.74, 6) is 0.0451. The normalized spacial score (nSPS) is 11.1. The van der Waals surface area contributed by atoms with Gasteiger partial charge in [0.05, 0.1) is 12.6 Å². The van der Waals surface area contributed by atoms with Gasteiger partial charge in [0.25, 0.3) is 5.91 Å². The predicted molar refractivity (Wildman–Crippen MR) is 99.7 cm³/mol.